The lowest BCUT2D eigenvalue weighted by atomic mass is 9.97. The molecule has 17 heteroatoms. The minimum Gasteiger partial charge on any atom is -0.379 e. The second kappa shape index (κ2) is 12.1. The van der Waals surface area contributed by atoms with E-state index in [-0.39, 0.29) is 47.1 Å². The van der Waals surface area contributed by atoms with Gasteiger partial charge in [0, 0.05) is 42.3 Å². The minimum atomic E-state index is -4.61. The maximum atomic E-state index is 14.9. The zero-order valence-electron chi connectivity index (χ0n) is 23.2. The Labute approximate surface area is 259 Å². The smallest absolute Gasteiger partial charge is 0.267 e. The number of nitrogens with zero attached hydrogens (tertiary/aromatic N) is 4. The average molecular weight is 683 g/mol. The van der Waals surface area contributed by atoms with Gasteiger partial charge in [0.05, 0.1) is 24.8 Å². The molecule has 3 aliphatic rings. The summed E-state index contributed by atoms with van der Waals surface area (Å²) in [5, 5.41) is -0.0954. The van der Waals surface area contributed by atoms with Crippen molar-refractivity contribution in [2.24, 2.45) is 0 Å². The van der Waals surface area contributed by atoms with Gasteiger partial charge in [-0.25, -0.2) is 34.7 Å². The maximum absolute atomic E-state index is 14.9. The molecule has 0 spiro atoms. The number of sulfonamides is 1. The predicted octanol–water partition coefficient (Wildman–Crippen LogP) is 3.88. The van der Waals surface area contributed by atoms with Crippen LogP contribution in [0.2, 0.25) is 10.0 Å². The summed E-state index contributed by atoms with van der Waals surface area (Å²) in [5.74, 6) is -13.3. The van der Waals surface area contributed by atoms with Crippen LogP contribution in [-0.4, -0.2) is 90.2 Å². The highest BCUT2D eigenvalue weighted by atomic mass is 35.5. The summed E-state index contributed by atoms with van der Waals surface area (Å²) in [7, 11) is -4.61. The van der Waals surface area contributed by atoms with Gasteiger partial charge in [-0.15, -0.1) is 0 Å². The van der Waals surface area contributed by atoms with Crippen molar-refractivity contribution in [3.8, 4) is 0 Å². The Morgan fingerprint density at radius 3 is 2.09 bits per heavy atom. The van der Waals surface area contributed by atoms with Gasteiger partial charge in [-0.1, -0.05) is 23.2 Å². The van der Waals surface area contributed by atoms with Gasteiger partial charge in [0.1, 0.15) is 22.8 Å². The van der Waals surface area contributed by atoms with Gasteiger partial charge in [-0.2, -0.15) is 0 Å². The van der Waals surface area contributed by atoms with Crippen LogP contribution in [0.4, 0.5) is 22.0 Å². The molecule has 2 unspecified atom stereocenters. The number of morpholine rings is 1. The number of amides is 2. The van der Waals surface area contributed by atoms with Gasteiger partial charge < -0.3 is 9.64 Å². The molecule has 5 rings (SSSR count). The number of rotatable bonds is 6. The molecule has 9 nitrogen and oxygen atoms in total. The van der Waals surface area contributed by atoms with Gasteiger partial charge in [-0.05, 0) is 32.0 Å². The lowest BCUT2D eigenvalue weighted by molar-refractivity contribution is -0.154. The van der Waals surface area contributed by atoms with E-state index < -0.39 is 87.6 Å². The Hall–Kier alpha value is -2.98. The molecule has 0 saturated carbocycles. The summed E-state index contributed by atoms with van der Waals surface area (Å²) in [4.78, 5) is 30.9. The Kier molecular flexibility index (Phi) is 8.90. The molecule has 0 bridgehead atoms. The summed E-state index contributed by atoms with van der Waals surface area (Å²) < 4.78 is 106. The van der Waals surface area contributed by atoms with E-state index in [9.17, 15) is 40.0 Å². The summed E-state index contributed by atoms with van der Waals surface area (Å²) in [5.41, 5.74) is -1.33. The predicted molar refractivity (Wildman–Crippen MR) is 147 cm³/mol. The zero-order chi connectivity index (χ0) is 32.2. The highest BCUT2D eigenvalue weighted by molar-refractivity contribution is 7.89. The van der Waals surface area contributed by atoms with E-state index in [1.54, 1.807) is 18.7 Å². The highest BCUT2D eigenvalue weighted by Gasteiger charge is 2.52. The van der Waals surface area contributed by atoms with Crippen LogP contribution in [0.25, 0.3) is 0 Å². The molecule has 0 aliphatic carbocycles. The molecule has 0 aromatic heterocycles. The van der Waals surface area contributed by atoms with Crippen molar-refractivity contribution in [2.75, 3.05) is 32.8 Å². The van der Waals surface area contributed by atoms with E-state index >= 15 is 0 Å². The van der Waals surface area contributed by atoms with E-state index in [0.717, 1.165) is 26.4 Å². The Bertz CT molecular complexity index is 1640. The number of hydrogen-bond donors (Lipinski definition) is 0. The van der Waals surface area contributed by atoms with Crippen molar-refractivity contribution < 1.29 is 44.7 Å². The van der Waals surface area contributed by atoms with Crippen LogP contribution in [-0.2, 0) is 30.8 Å². The number of halogens is 7. The molecule has 2 fully saturated rings. The monoisotopic (exact) mass is 682 g/mol. The van der Waals surface area contributed by atoms with Gasteiger partial charge in [0.25, 0.3) is 10.0 Å². The van der Waals surface area contributed by atoms with E-state index in [1.165, 1.54) is 12.1 Å². The summed E-state index contributed by atoms with van der Waals surface area (Å²) in [6, 6.07) is -0.127. The van der Waals surface area contributed by atoms with E-state index in [1.807, 2.05) is 0 Å². The van der Waals surface area contributed by atoms with Crippen LogP contribution < -0.4 is 0 Å². The number of hydrogen-bond acceptors (Lipinski definition) is 6. The number of carbonyl (C=O) groups excluding carboxylic acids is 2. The SMILES string of the molecule is CC(C)N1C=C2N(C(=O)C(N3CCOCC3)CN2S(=O)(=O)c2ccc(Cl)cc2Cl)C(Cc2c(F)c(F)c(F)c(F)c2F)C1=O. The molecule has 44 heavy (non-hydrogen) atoms. The van der Waals surface area contributed by atoms with E-state index in [0.29, 0.717) is 0 Å². The third kappa shape index (κ3) is 5.42. The van der Waals surface area contributed by atoms with Crippen molar-refractivity contribution in [1.29, 1.82) is 0 Å². The second-order valence-electron chi connectivity index (χ2n) is 10.6. The number of ether oxygens (including phenoxy) is 1. The fourth-order valence-electron chi connectivity index (χ4n) is 5.42. The average Bonchev–Trinajstić information content (AvgIpc) is 2.98. The molecule has 2 aromatic carbocycles. The molecule has 0 radical (unpaired) electrons. The van der Waals surface area contributed by atoms with E-state index in [2.05, 4.69) is 0 Å². The Balaban J connectivity index is 1.71. The van der Waals surface area contributed by atoms with E-state index in [4.69, 9.17) is 27.9 Å². The molecule has 0 N–H and O–H groups in total. The molecule has 2 aromatic rings. The molecule has 3 aliphatic heterocycles. The van der Waals surface area contributed by atoms with Crippen LogP contribution >= 0.6 is 23.2 Å². The van der Waals surface area contributed by atoms with Gasteiger partial charge in [0.15, 0.2) is 23.3 Å². The number of fused-ring (bicyclic) bond motifs is 1. The largest absolute Gasteiger partial charge is 0.379 e. The molecule has 2 saturated heterocycles. The van der Waals surface area contributed by atoms with Crippen LogP contribution in [0.5, 0.6) is 0 Å². The van der Waals surface area contributed by atoms with Crippen molar-refractivity contribution in [1.82, 2.24) is 19.0 Å². The second-order valence-corrected chi connectivity index (χ2v) is 13.3. The minimum absolute atomic E-state index is 0.145. The Morgan fingerprint density at radius 2 is 1.52 bits per heavy atom. The quantitative estimate of drug-likeness (QED) is 0.261. The highest BCUT2D eigenvalue weighted by Crippen LogP contribution is 2.38. The lowest BCUT2D eigenvalue weighted by Crippen LogP contribution is -2.68. The summed E-state index contributed by atoms with van der Waals surface area (Å²) in [6.45, 7) is 3.47. The first kappa shape index (κ1) is 32.4. The fraction of sp³-hybridized carbons (Fsp3) is 0.407. The van der Waals surface area contributed by atoms with Crippen LogP contribution in [0.15, 0.2) is 35.1 Å². The maximum Gasteiger partial charge on any atom is 0.267 e. The van der Waals surface area contributed by atoms with Gasteiger partial charge >= 0.3 is 0 Å². The first-order valence-electron chi connectivity index (χ1n) is 13.3. The Morgan fingerprint density at radius 1 is 0.932 bits per heavy atom. The number of carbonyl (C=O) groups is 2. The molecular formula is C27H25Cl2F5N4O5S. The van der Waals surface area contributed by atoms with Crippen molar-refractivity contribution in [3.05, 3.63) is 74.9 Å². The normalized spacial score (nSPS) is 21.7. The summed E-state index contributed by atoms with van der Waals surface area (Å²) >= 11 is 12.2. The first-order valence-corrected chi connectivity index (χ1v) is 15.5. The molecule has 3 heterocycles. The van der Waals surface area contributed by atoms with Gasteiger partial charge in [0.2, 0.25) is 17.6 Å². The third-order valence-corrected chi connectivity index (χ3v) is 10.2. The van der Waals surface area contributed by atoms with Crippen LogP contribution in [0.1, 0.15) is 19.4 Å². The molecule has 2 atom stereocenters. The van der Waals surface area contributed by atoms with Crippen molar-refractivity contribution in [3.63, 3.8) is 0 Å². The number of benzene rings is 2. The van der Waals surface area contributed by atoms with Crippen LogP contribution in [0, 0.1) is 29.1 Å². The lowest BCUT2D eigenvalue weighted by Gasteiger charge is -2.51. The fourth-order valence-corrected chi connectivity index (χ4v) is 7.63. The van der Waals surface area contributed by atoms with Crippen molar-refractivity contribution in [2.45, 2.75) is 43.3 Å². The van der Waals surface area contributed by atoms with Crippen molar-refractivity contribution >= 4 is 45.0 Å². The van der Waals surface area contributed by atoms with Gasteiger partial charge in [-0.3, -0.25) is 19.4 Å². The molecule has 238 valence electrons. The standard InChI is InChI=1S/C27H25Cl2F5N4O5S/c1-13(2)36-12-20-37(44(41,42)19-4-3-14(28)9-16(19)29)11-18(35-5-7-43-8-6-35)27(40)38(20)17(26(36)39)10-15-21(30)23(32)25(34)24(33)22(15)31/h3-4,9,12-13,17-18H,5-8,10-11H2,1-2H3. The third-order valence-electron chi connectivity index (χ3n) is 7.67. The molecule has 2 amide bonds. The zero-order valence-corrected chi connectivity index (χ0v) is 25.5. The first-order chi connectivity index (χ1) is 20.7. The molecular weight excluding hydrogens is 658 g/mol. The topological polar surface area (TPSA) is 90.5 Å². The summed E-state index contributed by atoms with van der Waals surface area (Å²) in [6.07, 6.45) is -0.0425. The van der Waals surface area contributed by atoms with Crippen LogP contribution in [0.3, 0.4) is 0 Å².